The number of hydrogen-bond acceptors (Lipinski definition) is 6. The highest BCUT2D eigenvalue weighted by molar-refractivity contribution is 5.85. The van der Waals surface area contributed by atoms with Crippen LogP contribution in [0.2, 0.25) is 0 Å². The molecule has 0 saturated heterocycles. The normalized spacial score (nSPS) is 12.5. The zero-order valence-corrected chi connectivity index (χ0v) is 10.9. The van der Waals surface area contributed by atoms with E-state index in [1.165, 1.54) is 6.33 Å². The van der Waals surface area contributed by atoms with E-state index in [0.29, 0.717) is 18.0 Å². The second-order valence-electron chi connectivity index (χ2n) is 4.44. The summed E-state index contributed by atoms with van der Waals surface area (Å²) in [7, 11) is 1.83. The molecule has 0 aliphatic heterocycles. The molecule has 3 rings (SSSR count). The first-order valence-corrected chi connectivity index (χ1v) is 6.20. The Morgan fingerprint density at radius 3 is 2.90 bits per heavy atom. The smallest absolute Gasteiger partial charge is 0.186 e. The van der Waals surface area contributed by atoms with E-state index < -0.39 is 6.10 Å². The number of nitrogens with one attached hydrogen (secondary N) is 1. The van der Waals surface area contributed by atoms with Gasteiger partial charge in [-0.3, -0.25) is 9.67 Å². The first-order valence-electron chi connectivity index (χ1n) is 6.20. The van der Waals surface area contributed by atoms with E-state index in [9.17, 15) is 5.11 Å². The predicted octanol–water partition coefficient (Wildman–Crippen LogP) is 0.904. The minimum absolute atomic E-state index is 0.352. The maximum Gasteiger partial charge on any atom is 0.186 e. The number of aliphatic hydroxyl groups excluding tert-OH is 1. The van der Waals surface area contributed by atoms with Crippen molar-refractivity contribution in [1.82, 2.24) is 24.7 Å². The molecule has 0 fully saturated rings. The van der Waals surface area contributed by atoms with Crippen molar-refractivity contribution in [3.8, 4) is 0 Å². The van der Waals surface area contributed by atoms with Crippen LogP contribution < -0.4 is 5.32 Å². The van der Waals surface area contributed by atoms with Gasteiger partial charge in [-0.05, 0) is 17.7 Å². The van der Waals surface area contributed by atoms with E-state index in [1.807, 2.05) is 13.2 Å². The molecule has 1 unspecified atom stereocenters. The molecule has 0 amide bonds. The third-order valence-corrected chi connectivity index (χ3v) is 2.99. The Kier molecular flexibility index (Phi) is 3.26. The lowest BCUT2D eigenvalue weighted by molar-refractivity contribution is 0.191. The summed E-state index contributed by atoms with van der Waals surface area (Å²) in [6.45, 7) is 0.352. The van der Waals surface area contributed by atoms with Crippen molar-refractivity contribution in [3.05, 3.63) is 42.6 Å². The Morgan fingerprint density at radius 1 is 1.30 bits per heavy atom. The number of pyridine rings is 1. The lowest BCUT2D eigenvalue weighted by Crippen LogP contribution is -2.13. The summed E-state index contributed by atoms with van der Waals surface area (Å²) in [5, 5.41) is 18.3. The first-order chi connectivity index (χ1) is 9.74. The first kappa shape index (κ1) is 12.5. The summed E-state index contributed by atoms with van der Waals surface area (Å²) < 4.78 is 1.68. The number of fused-ring (bicyclic) bond motifs is 1. The Balaban J connectivity index is 1.77. The molecule has 0 spiro atoms. The highest BCUT2D eigenvalue weighted by Crippen LogP contribution is 2.19. The quantitative estimate of drug-likeness (QED) is 0.732. The third kappa shape index (κ3) is 2.43. The minimum atomic E-state index is -0.625. The molecular formula is C13H14N6O. The van der Waals surface area contributed by atoms with E-state index in [-0.39, 0.29) is 0 Å². The molecule has 3 aromatic heterocycles. The van der Waals surface area contributed by atoms with Crippen LogP contribution in [-0.4, -0.2) is 36.4 Å². The molecule has 7 heteroatoms. The average molecular weight is 270 g/mol. The number of rotatable bonds is 4. The second kappa shape index (κ2) is 5.22. The van der Waals surface area contributed by atoms with Gasteiger partial charge in [0.1, 0.15) is 12.1 Å². The van der Waals surface area contributed by atoms with Gasteiger partial charge >= 0.3 is 0 Å². The summed E-state index contributed by atoms with van der Waals surface area (Å²) in [4.78, 5) is 12.2. The summed E-state index contributed by atoms with van der Waals surface area (Å²) in [6, 6.07) is 3.57. The lowest BCUT2D eigenvalue weighted by Gasteiger charge is -2.12. The second-order valence-corrected chi connectivity index (χ2v) is 4.44. The van der Waals surface area contributed by atoms with E-state index in [0.717, 1.165) is 10.9 Å². The van der Waals surface area contributed by atoms with Crippen molar-refractivity contribution in [1.29, 1.82) is 0 Å². The zero-order chi connectivity index (χ0) is 13.9. The summed E-state index contributed by atoms with van der Waals surface area (Å²) in [5.74, 6) is 0.663. The molecule has 102 valence electrons. The monoisotopic (exact) mass is 270 g/mol. The standard InChI is InChI=1S/C13H14N6O/c1-19-7-10-12(16-8-17-13(10)18-19)15-6-11(20)9-2-4-14-5-3-9/h2-5,7-8,11,20H,6H2,1H3,(H,15,16,17,18). The van der Waals surface area contributed by atoms with Crippen LogP contribution in [0.15, 0.2) is 37.1 Å². The number of aromatic nitrogens is 5. The van der Waals surface area contributed by atoms with Gasteiger partial charge in [-0.2, -0.15) is 5.10 Å². The van der Waals surface area contributed by atoms with Crippen LogP contribution in [0.1, 0.15) is 11.7 Å². The van der Waals surface area contributed by atoms with E-state index >= 15 is 0 Å². The molecule has 3 aromatic rings. The molecule has 0 aromatic carbocycles. The van der Waals surface area contributed by atoms with Gasteiger partial charge in [0.05, 0.1) is 11.5 Å². The van der Waals surface area contributed by atoms with Crippen molar-refractivity contribution in [2.24, 2.45) is 7.05 Å². The zero-order valence-electron chi connectivity index (χ0n) is 10.9. The van der Waals surface area contributed by atoms with Crippen molar-refractivity contribution in [3.63, 3.8) is 0 Å². The molecule has 7 nitrogen and oxygen atoms in total. The van der Waals surface area contributed by atoms with Crippen molar-refractivity contribution >= 4 is 16.9 Å². The Hall–Kier alpha value is -2.54. The van der Waals surface area contributed by atoms with Crippen LogP contribution in [0, 0.1) is 0 Å². The van der Waals surface area contributed by atoms with Gasteiger partial charge in [0.15, 0.2) is 5.65 Å². The SMILES string of the molecule is Cn1cc2c(NCC(O)c3ccncc3)ncnc2n1. The minimum Gasteiger partial charge on any atom is -0.387 e. The Bertz CT molecular complexity index is 711. The van der Waals surface area contributed by atoms with Crippen molar-refractivity contribution in [2.75, 3.05) is 11.9 Å². The summed E-state index contributed by atoms with van der Waals surface area (Å²) in [5.41, 5.74) is 1.44. The van der Waals surface area contributed by atoms with Gasteiger partial charge in [0, 0.05) is 32.2 Å². The van der Waals surface area contributed by atoms with Crippen LogP contribution in [0.25, 0.3) is 11.0 Å². The van der Waals surface area contributed by atoms with Gasteiger partial charge in [-0.15, -0.1) is 0 Å². The molecule has 0 aliphatic carbocycles. The largest absolute Gasteiger partial charge is 0.387 e. The van der Waals surface area contributed by atoms with Crippen LogP contribution in [0.3, 0.4) is 0 Å². The van der Waals surface area contributed by atoms with Gasteiger partial charge < -0.3 is 10.4 Å². The van der Waals surface area contributed by atoms with Crippen LogP contribution in [0.4, 0.5) is 5.82 Å². The maximum absolute atomic E-state index is 10.1. The fourth-order valence-corrected chi connectivity index (χ4v) is 1.99. The number of nitrogens with zero attached hydrogens (tertiary/aromatic N) is 5. The molecule has 0 aliphatic rings. The summed E-state index contributed by atoms with van der Waals surface area (Å²) in [6.07, 6.45) is 5.98. The van der Waals surface area contributed by atoms with Gasteiger partial charge in [0.2, 0.25) is 0 Å². The maximum atomic E-state index is 10.1. The molecule has 0 radical (unpaired) electrons. The Morgan fingerprint density at radius 2 is 2.10 bits per heavy atom. The van der Waals surface area contributed by atoms with Crippen LogP contribution in [0.5, 0.6) is 0 Å². The number of anilines is 1. The number of hydrogen-bond donors (Lipinski definition) is 2. The number of aliphatic hydroxyl groups is 1. The summed E-state index contributed by atoms with van der Waals surface area (Å²) >= 11 is 0. The Labute approximate surface area is 115 Å². The fourth-order valence-electron chi connectivity index (χ4n) is 1.99. The van der Waals surface area contributed by atoms with E-state index in [4.69, 9.17) is 0 Å². The highest BCUT2D eigenvalue weighted by atomic mass is 16.3. The van der Waals surface area contributed by atoms with E-state index in [2.05, 4.69) is 25.4 Å². The topological polar surface area (TPSA) is 88.8 Å². The highest BCUT2D eigenvalue weighted by Gasteiger charge is 2.10. The molecule has 0 bridgehead atoms. The van der Waals surface area contributed by atoms with Crippen LogP contribution in [-0.2, 0) is 7.05 Å². The van der Waals surface area contributed by atoms with Gasteiger partial charge in [-0.1, -0.05) is 0 Å². The molecular weight excluding hydrogens is 256 g/mol. The van der Waals surface area contributed by atoms with Crippen molar-refractivity contribution in [2.45, 2.75) is 6.10 Å². The molecule has 20 heavy (non-hydrogen) atoms. The van der Waals surface area contributed by atoms with Gasteiger partial charge in [-0.25, -0.2) is 9.97 Å². The van der Waals surface area contributed by atoms with Crippen molar-refractivity contribution < 1.29 is 5.11 Å². The average Bonchev–Trinajstić information content (AvgIpc) is 2.86. The van der Waals surface area contributed by atoms with Crippen LogP contribution >= 0.6 is 0 Å². The molecule has 0 saturated carbocycles. The molecule has 3 heterocycles. The molecule has 2 N–H and O–H groups in total. The third-order valence-electron chi connectivity index (χ3n) is 2.99. The fraction of sp³-hybridized carbons (Fsp3) is 0.231. The van der Waals surface area contributed by atoms with E-state index in [1.54, 1.807) is 29.2 Å². The number of aryl methyl sites for hydroxylation is 1. The molecule has 1 atom stereocenters. The lowest BCUT2D eigenvalue weighted by atomic mass is 10.1. The predicted molar refractivity (Wildman–Crippen MR) is 74.0 cm³/mol. The van der Waals surface area contributed by atoms with Gasteiger partial charge in [0.25, 0.3) is 0 Å².